The van der Waals surface area contributed by atoms with E-state index in [1.807, 2.05) is 6.08 Å². The maximum atomic E-state index is 13.9. The summed E-state index contributed by atoms with van der Waals surface area (Å²) in [5, 5.41) is 57.7. The molecule has 11 atom stereocenters. The van der Waals surface area contributed by atoms with Crippen molar-refractivity contribution >= 4 is 23.8 Å². The van der Waals surface area contributed by atoms with Crippen LogP contribution >= 0.6 is 0 Å². The molecule has 5 rings (SSSR count). The van der Waals surface area contributed by atoms with Crippen LogP contribution in [0.2, 0.25) is 0 Å². The SMILES string of the molecule is CO/N=C/C1=CC(C2C=CC(O)C3C(=O)C4C(O)[C@]5(O)C(O)=C(C(=O)O)C(=O)C[C@@H]5C[C@@H]4CC23)CCC1OC. The lowest BCUT2D eigenvalue weighted by molar-refractivity contribution is -0.196. The minimum absolute atomic E-state index is 0.0297. The summed E-state index contributed by atoms with van der Waals surface area (Å²) in [7, 11) is 3.08. The Morgan fingerprint density at radius 1 is 1.13 bits per heavy atom. The quantitative estimate of drug-likeness (QED) is 0.144. The van der Waals surface area contributed by atoms with Crippen LogP contribution in [0.25, 0.3) is 0 Å². The summed E-state index contributed by atoms with van der Waals surface area (Å²) in [6, 6.07) is 0. The van der Waals surface area contributed by atoms with Crippen LogP contribution < -0.4 is 0 Å². The Morgan fingerprint density at radius 3 is 2.54 bits per heavy atom. The monoisotopic (exact) mass is 545 g/mol. The highest BCUT2D eigenvalue weighted by Gasteiger charge is 2.65. The molecule has 5 aliphatic carbocycles. The van der Waals surface area contributed by atoms with Crippen LogP contribution in [0.5, 0.6) is 0 Å². The zero-order chi connectivity index (χ0) is 28.2. The number of fused-ring (bicyclic) bond motifs is 3. The molecule has 2 saturated carbocycles. The molecule has 0 aliphatic heterocycles. The van der Waals surface area contributed by atoms with Crippen LogP contribution in [0.15, 0.2) is 40.3 Å². The molecule has 8 unspecified atom stereocenters. The Balaban J connectivity index is 1.48. The largest absolute Gasteiger partial charge is 0.508 e. The highest BCUT2D eigenvalue weighted by atomic mass is 16.6. The van der Waals surface area contributed by atoms with Crippen molar-refractivity contribution in [2.75, 3.05) is 14.2 Å². The van der Waals surface area contributed by atoms with Gasteiger partial charge < -0.3 is 35.1 Å². The molecule has 0 amide bonds. The molecule has 0 radical (unpaired) electrons. The number of ketones is 2. The first-order valence-electron chi connectivity index (χ1n) is 13.4. The van der Waals surface area contributed by atoms with Crippen molar-refractivity contribution in [2.45, 2.75) is 56.0 Å². The second-order valence-electron chi connectivity index (χ2n) is 11.5. The Bertz CT molecular complexity index is 1170. The molecule has 0 aromatic rings. The minimum Gasteiger partial charge on any atom is -0.508 e. The molecule has 2 fully saturated rings. The van der Waals surface area contributed by atoms with E-state index in [1.54, 1.807) is 19.4 Å². The predicted molar refractivity (Wildman–Crippen MR) is 135 cm³/mol. The van der Waals surface area contributed by atoms with Gasteiger partial charge in [0.2, 0.25) is 0 Å². The zero-order valence-electron chi connectivity index (χ0n) is 21.8. The molecular formula is C28H35NO10. The van der Waals surface area contributed by atoms with Crippen molar-refractivity contribution in [3.05, 3.63) is 35.1 Å². The fourth-order valence-electron chi connectivity index (χ4n) is 8.00. The van der Waals surface area contributed by atoms with Crippen LogP contribution in [0.1, 0.15) is 32.1 Å². The highest BCUT2D eigenvalue weighted by Crippen LogP contribution is 2.57. The summed E-state index contributed by atoms with van der Waals surface area (Å²) in [4.78, 5) is 42.9. The van der Waals surface area contributed by atoms with E-state index in [-0.39, 0.29) is 36.7 Å². The maximum absolute atomic E-state index is 13.9. The van der Waals surface area contributed by atoms with Gasteiger partial charge in [0.15, 0.2) is 11.4 Å². The molecule has 39 heavy (non-hydrogen) atoms. The number of aliphatic hydroxyl groups is 4. The Morgan fingerprint density at radius 2 is 1.87 bits per heavy atom. The lowest BCUT2D eigenvalue weighted by atomic mass is 9.50. The lowest BCUT2D eigenvalue weighted by Gasteiger charge is -2.56. The maximum Gasteiger partial charge on any atom is 0.342 e. The van der Waals surface area contributed by atoms with Gasteiger partial charge in [-0.05, 0) is 54.9 Å². The van der Waals surface area contributed by atoms with Crippen molar-refractivity contribution in [1.82, 2.24) is 0 Å². The standard InChI is InChI=1S/C28H35NO10/c1-38-20-6-3-12(7-14(20)11-29-39-2)16-4-5-18(30)22-17(16)9-13-8-15-10-19(31)23(27(35)36)26(34)28(15,37)25(33)21(13)24(22)32/h4-5,7,11-13,15-18,20-22,25,30,33-34,37H,3,6,8-10H2,1-2H3,(H,35,36)/b29-11+/t12?,13-,15+,16?,17?,18?,20?,21?,22?,25?,28+/m1/s1. The fraction of sp³-hybridized carbons (Fsp3) is 0.643. The van der Waals surface area contributed by atoms with Crippen molar-refractivity contribution in [1.29, 1.82) is 0 Å². The third-order valence-corrected chi connectivity index (χ3v) is 9.76. The number of aliphatic hydroxyl groups excluding tert-OH is 3. The number of nitrogens with zero attached hydrogens (tertiary/aromatic N) is 1. The van der Waals surface area contributed by atoms with Crippen LogP contribution in [0, 0.1) is 41.4 Å². The van der Waals surface area contributed by atoms with E-state index in [0.717, 1.165) is 18.4 Å². The van der Waals surface area contributed by atoms with Gasteiger partial charge in [-0.15, -0.1) is 0 Å². The Kier molecular flexibility index (Phi) is 7.30. The number of carboxylic acids is 1. The van der Waals surface area contributed by atoms with E-state index in [0.29, 0.717) is 6.42 Å². The molecule has 11 heteroatoms. The van der Waals surface area contributed by atoms with Gasteiger partial charge in [0.05, 0.1) is 30.3 Å². The van der Waals surface area contributed by atoms with Crippen LogP contribution in [0.3, 0.4) is 0 Å². The number of carbonyl (C=O) groups excluding carboxylic acids is 2. The molecule has 212 valence electrons. The number of methoxy groups -OCH3 is 1. The number of hydrogen-bond donors (Lipinski definition) is 5. The molecule has 5 N–H and O–H groups in total. The van der Waals surface area contributed by atoms with Gasteiger partial charge in [0, 0.05) is 19.4 Å². The summed E-state index contributed by atoms with van der Waals surface area (Å²) in [6.45, 7) is 0. The molecule has 0 spiro atoms. The van der Waals surface area contributed by atoms with Crippen LogP contribution in [-0.4, -0.2) is 87.4 Å². The zero-order valence-corrected chi connectivity index (χ0v) is 21.8. The Labute approximate surface area is 225 Å². The van der Waals surface area contributed by atoms with Gasteiger partial charge >= 0.3 is 5.97 Å². The number of rotatable bonds is 5. The van der Waals surface area contributed by atoms with Crippen molar-refractivity contribution in [2.24, 2.45) is 46.6 Å². The minimum atomic E-state index is -2.43. The molecule has 0 bridgehead atoms. The summed E-state index contributed by atoms with van der Waals surface area (Å²) >= 11 is 0. The van der Waals surface area contributed by atoms with Crippen molar-refractivity contribution in [3.63, 3.8) is 0 Å². The smallest absolute Gasteiger partial charge is 0.342 e. The normalized spacial score (nSPS) is 44.0. The van der Waals surface area contributed by atoms with Gasteiger partial charge in [-0.3, -0.25) is 9.59 Å². The van der Waals surface area contributed by atoms with Crippen molar-refractivity contribution in [3.8, 4) is 0 Å². The number of ether oxygens (including phenoxy) is 1. The van der Waals surface area contributed by atoms with Crippen LogP contribution in [0.4, 0.5) is 0 Å². The third-order valence-electron chi connectivity index (χ3n) is 9.76. The molecule has 0 saturated heterocycles. The van der Waals surface area contributed by atoms with Gasteiger partial charge in [-0.1, -0.05) is 23.4 Å². The number of Topliss-reactive ketones (excluding diaryl/α,β-unsaturated/α-hetero) is 2. The van der Waals surface area contributed by atoms with Gasteiger partial charge in [0.25, 0.3) is 0 Å². The second kappa shape index (κ2) is 10.3. The second-order valence-corrected chi connectivity index (χ2v) is 11.5. The number of oxime groups is 1. The van der Waals surface area contributed by atoms with E-state index in [1.165, 1.54) is 7.11 Å². The number of carbonyl (C=O) groups is 3. The van der Waals surface area contributed by atoms with E-state index in [4.69, 9.17) is 9.57 Å². The van der Waals surface area contributed by atoms with Gasteiger partial charge in [-0.2, -0.15) is 0 Å². The molecule has 0 aromatic heterocycles. The molecule has 0 aromatic carbocycles. The number of aliphatic carboxylic acids is 1. The van der Waals surface area contributed by atoms with E-state index < -0.39 is 70.3 Å². The molecule has 5 aliphatic rings. The third kappa shape index (κ3) is 4.26. The summed E-state index contributed by atoms with van der Waals surface area (Å²) < 4.78 is 5.59. The molecule has 0 heterocycles. The van der Waals surface area contributed by atoms with Gasteiger partial charge in [0.1, 0.15) is 30.3 Å². The molecule has 11 nitrogen and oxygen atoms in total. The topological polar surface area (TPSA) is 183 Å². The first kappa shape index (κ1) is 27.7. The first-order chi connectivity index (χ1) is 18.5. The summed E-state index contributed by atoms with van der Waals surface area (Å²) in [5.41, 5.74) is -2.53. The number of allylic oxidation sites excluding steroid dienone is 2. The summed E-state index contributed by atoms with van der Waals surface area (Å²) in [6.07, 6.45) is 5.98. The first-order valence-corrected chi connectivity index (χ1v) is 13.4. The van der Waals surface area contributed by atoms with E-state index in [2.05, 4.69) is 11.2 Å². The van der Waals surface area contributed by atoms with Crippen LogP contribution in [-0.2, 0) is 24.0 Å². The predicted octanol–water partition coefficient (Wildman–Crippen LogP) is 0.936. The average molecular weight is 546 g/mol. The average Bonchev–Trinajstić information content (AvgIpc) is 2.89. The lowest BCUT2D eigenvalue weighted by Crippen LogP contribution is -2.66. The highest BCUT2D eigenvalue weighted by molar-refractivity contribution is 6.18. The van der Waals surface area contributed by atoms with Gasteiger partial charge in [-0.25, -0.2) is 4.79 Å². The Hall–Kier alpha value is -2.86. The van der Waals surface area contributed by atoms with E-state index in [9.17, 15) is 39.9 Å². The molecular weight excluding hydrogens is 510 g/mol. The number of carboxylic acid groups (broad SMARTS) is 1. The number of hydrogen-bond acceptors (Lipinski definition) is 10. The fourth-order valence-corrected chi connectivity index (χ4v) is 8.00. The van der Waals surface area contributed by atoms with Crippen molar-refractivity contribution < 1.29 is 49.5 Å². The summed E-state index contributed by atoms with van der Waals surface area (Å²) in [5.74, 6) is -7.66. The van der Waals surface area contributed by atoms with E-state index >= 15 is 0 Å².